The Balaban J connectivity index is 1.87. The summed E-state index contributed by atoms with van der Waals surface area (Å²) in [7, 11) is 0. The van der Waals surface area contributed by atoms with Gasteiger partial charge in [-0.2, -0.15) is 0 Å². The predicted molar refractivity (Wildman–Crippen MR) is 60.0 cm³/mol. The summed E-state index contributed by atoms with van der Waals surface area (Å²) in [6, 6.07) is 0. The summed E-state index contributed by atoms with van der Waals surface area (Å²) in [6.45, 7) is 2.44. The molecule has 0 saturated heterocycles. The van der Waals surface area contributed by atoms with Crippen molar-refractivity contribution in [1.29, 1.82) is 0 Å². The third-order valence-electron chi connectivity index (χ3n) is 2.80. The van der Waals surface area contributed by atoms with Crippen LogP contribution in [0.2, 0.25) is 0 Å². The number of amides is 1. The van der Waals surface area contributed by atoms with Crippen LogP contribution in [0.25, 0.3) is 0 Å². The van der Waals surface area contributed by atoms with E-state index in [0.29, 0.717) is 12.2 Å². The lowest BCUT2D eigenvalue weighted by molar-refractivity contribution is 0.0925. The van der Waals surface area contributed by atoms with E-state index in [9.17, 15) is 4.79 Å². The van der Waals surface area contributed by atoms with E-state index < -0.39 is 0 Å². The minimum Gasteiger partial charge on any atom is -0.349 e. The Morgan fingerprint density at radius 3 is 2.93 bits per heavy atom. The first-order chi connectivity index (χ1) is 7.09. The van der Waals surface area contributed by atoms with Crippen molar-refractivity contribution in [3.05, 3.63) is 16.1 Å². The summed E-state index contributed by atoms with van der Waals surface area (Å²) in [5.41, 5.74) is 6.34. The monoisotopic (exact) mass is 225 g/mol. The lowest BCUT2D eigenvalue weighted by atomic mass is 9.78. The molecule has 0 aliphatic heterocycles. The van der Waals surface area contributed by atoms with Crippen LogP contribution in [0.5, 0.6) is 0 Å². The van der Waals surface area contributed by atoms with Crippen LogP contribution in [0, 0.1) is 6.92 Å². The number of carbonyl (C=O) groups excluding carboxylic acids is 1. The van der Waals surface area contributed by atoms with E-state index in [1.165, 1.54) is 17.8 Å². The van der Waals surface area contributed by atoms with Gasteiger partial charge in [-0.15, -0.1) is 11.3 Å². The van der Waals surface area contributed by atoms with E-state index >= 15 is 0 Å². The number of nitrogens with two attached hydrogens (primary N) is 1. The molecule has 4 nitrogen and oxygen atoms in total. The van der Waals surface area contributed by atoms with Crippen LogP contribution in [-0.2, 0) is 0 Å². The third kappa shape index (κ3) is 2.35. The molecule has 0 aromatic carbocycles. The molecule has 1 aliphatic carbocycles. The maximum atomic E-state index is 11.6. The summed E-state index contributed by atoms with van der Waals surface area (Å²) < 4.78 is 0. The smallest absolute Gasteiger partial charge is 0.270 e. The van der Waals surface area contributed by atoms with Crippen molar-refractivity contribution in [2.75, 3.05) is 6.54 Å². The highest BCUT2D eigenvalue weighted by Crippen LogP contribution is 2.28. The molecule has 0 radical (unpaired) electrons. The van der Waals surface area contributed by atoms with Gasteiger partial charge >= 0.3 is 0 Å². The first kappa shape index (κ1) is 10.6. The van der Waals surface area contributed by atoms with E-state index in [-0.39, 0.29) is 11.4 Å². The van der Waals surface area contributed by atoms with Gasteiger partial charge in [0.25, 0.3) is 5.91 Å². The highest BCUT2D eigenvalue weighted by molar-refractivity contribution is 7.09. The van der Waals surface area contributed by atoms with E-state index in [1.54, 1.807) is 5.38 Å². The second-order valence-electron chi connectivity index (χ2n) is 4.15. The zero-order valence-electron chi connectivity index (χ0n) is 8.75. The van der Waals surface area contributed by atoms with Crippen molar-refractivity contribution in [3.63, 3.8) is 0 Å². The van der Waals surface area contributed by atoms with Gasteiger partial charge in [-0.1, -0.05) is 0 Å². The topological polar surface area (TPSA) is 68.0 Å². The molecule has 1 saturated carbocycles. The van der Waals surface area contributed by atoms with Crippen LogP contribution >= 0.6 is 11.3 Å². The van der Waals surface area contributed by atoms with Crippen molar-refractivity contribution in [3.8, 4) is 0 Å². The van der Waals surface area contributed by atoms with Crippen LogP contribution in [0.1, 0.15) is 34.8 Å². The zero-order valence-corrected chi connectivity index (χ0v) is 9.56. The molecule has 0 unspecified atom stereocenters. The minimum atomic E-state index is -0.166. The van der Waals surface area contributed by atoms with E-state index in [0.717, 1.165) is 17.8 Å². The molecule has 2 rings (SSSR count). The average molecular weight is 225 g/mol. The molecule has 0 bridgehead atoms. The summed E-state index contributed by atoms with van der Waals surface area (Å²) in [4.78, 5) is 15.7. The standard InChI is InChI=1S/C10H15N3OS/c1-7-13-8(5-15-7)9(14)12-6-10(11)3-2-4-10/h5H,2-4,6,11H2,1H3,(H,12,14). The number of carbonyl (C=O) groups is 1. The molecule has 1 aromatic heterocycles. The molecule has 0 atom stereocenters. The summed E-state index contributed by atoms with van der Waals surface area (Å²) in [5, 5.41) is 5.52. The predicted octanol–water partition coefficient (Wildman–Crippen LogP) is 1.06. The van der Waals surface area contributed by atoms with Gasteiger partial charge in [0.15, 0.2) is 0 Å². The van der Waals surface area contributed by atoms with Crippen LogP contribution in [-0.4, -0.2) is 23.0 Å². The Labute approximate surface area is 92.9 Å². The number of aryl methyl sites for hydroxylation is 1. The molecule has 1 amide bonds. The largest absolute Gasteiger partial charge is 0.349 e. The summed E-state index contributed by atoms with van der Waals surface area (Å²) >= 11 is 1.48. The Morgan fingerprint density at radius 1 is 1.73 bits per heavy atom. The number of thiazole rings is 1. The fraction of sp³-hybridized carbons (Fsp3) is 0.600. The Bertz CT molecular complexity index is 370. The molecular weight excluding hydrogens is 210 g/mol. The van der Waals surface area contributed by atoms with Gasteiger partial charge in [0.05, 0.1) is 5.01 Å². The van der Waals surface area contributed by atoms with Gasteiger partial charge in [0.1, 0.15) is 5.69 Å². The highest BCUT2D eigenvalue weighted by Gasteiger charge is 2.32. The molecule has 1 fully saturated rings. The SMILES string of the molecule is Cc1nc(C(=O)NCC2(N)CCC2)cs1. The van der Waals surface area contributed by atoms with E-state index in [1.807, 2.05) is 6.92 Å². The van der Waals surface area contributed by atoms with E-state index in [2.05, 4.69) is 10.3 Å². The van der Waals surface area contributed by atoms with Gasteiger partial charge < -0.3 is 11.1 Å². The van der Waals surface area contributed by atoms with Crippen molar-refractivity contribution < 1.29 is 4.79 Å². The Kier molecular flexibility index (Phi) is 2.75. The molecule has 0 spiro atoms. The normalized spacial score (nSPS) is 18.3. The maximum absolute atomic E-state index is 11.6. The first-order valence-electron chi connectivity index (χ1n) is 5.08. The average Bonchev–Trinajstić information content (AvgIpc) is 2.58. The Hall–Kier alpha value is -0.940. The van der Waals surface area contributed by atoms with Gasteiger partial charge in [-0.3, -0.25) is 4.79 Å². The molecule has 1 aliphatic rings. The van der Waals surface area contributed by atoms with Crippen LogP contribution in [0.3, 0.4) is 0 Å². The second kappa shape index (κ2) is 3.90. The lowest BCUT2D eigenvalue weighted by Crippen LogP contribution is -2.54. The summed E-state index contributed by atoms with van der Waals surface area (Å²) in [5.74, 6) is -0.115. The fourth-order valence-electron chi connectivity index (χ4n) is 1.62. The highest BCUT2D eigenvalue weighted by atomic mass is 32.1. The first-order valence-corrected chi connectivity index (χ1v) is 5.96. The zero-order chi connectivity index (χ0) is 10.9. The van der Waals surface area contributed by atoms with Gasteiger partial charge in [-0.25, -0.2) is 4.98 Å². The molecule has 3 N–H and O–H groups in total. The number of hydrogen-bond donors (Lipinski definition) is 2. The van der Waals surface area contributed by atoms with Crippen LogP contribution < -0.4 is 11.1 Å². The molecule has 5 heteroatoms. The molecule has 82 valence electrons. The number of hydrogen-bond acceptors (Lipinski definition) is 4. The quantitative estimate of drug-likeness (QED) is 0.808. The molecule has 1 heterocycles. The van der Waals surface area contributed by atoms with Crippen LogP contribution in [0.4, 0.5) is 0 Å². The number of aromatic nitrogens is 1. The molecule has 15 heavy (non-hydrogen) atoms. The van der Waals surface area contributed by atoms with Crippen LogP contribution in [0.15, 0.2) is 5.38 Å². The number of rotatable bonds is 3. The van der Waals surface area contributed by atoms with Gasteiger partial charge in [-0.05, 0) is 26.2 Å². The maximum Gasteiger partial charge on any atom is 0.270 e. The van der Waals surface area contributed by atoms with E-state index in [4.69, 9.17) is 5.73 Å². The molecule has 1 aromatic rings. The minimum absolute atomic E-state index is 0.115. The van der Waals surface area contributed by atoms with Gasteiger partial charge in [0, 0.05) is 17.5 Å². The lowest BCUT2D eigenvalue weighted by Gasteiger charge is -2.37. The van der Waals surface area contributed by atoms with Crippen molar-refractivity contribution in [2.45, 2.75) is 31.7 Å². The van der Waals surface area contributed by atoms with Crippen molar-refractivity contribution >= 4 is 17.2 Å². The Morgan fingerprint density at radius 2 is 2.47 bits per heavy atom. The number of nitrogens with one attached hydrogen (secondary N) is 1. The fourth-order valence-corrected chi connectivity index (χ4v) is 2.22. The second-order valence-corrected chi connectivity index (χ2v) is 5.21. The van der Waals surface area contributed by atoms with Crippen molar-refractivity contribution in [1.82, 2.24) is 10.3 Å². The summed E-state index contributed by atoms with van der Waals surface area (Å²) in [6.07, 6.45) is 3.18. The molecular formula is C10H15N3OS. The van der Waals surface area contributed by atoms with Crippen molar-refractivity contribution in [2.24, 2.45) is 5.73 Å². The van der Waals surface area contributed by atoms with Gasteiger partial charge in [0.2, 0.25) is 0 Å². The number of nitrogens with zero attached hydrogens (tertiary/aromatic N) is 1. The third-order valence-corrected chi connectivity index (χ3v) is 3.58.